The van der Waals surface area contributed by atoms with E-state index in [-0.39, 0.29) is 11.5 Å². The van der Waals surface area contributed by atoms with Crippen molar-refractivity contribution in [2.45, 2.75) is 32.7 Å². The maximum absolute atomic E-state index is 13.4. The molecule has 0 saturated carbocycles. The third-order valence-electron chi connectivity index (χ3n) is 2.93. The molecule has 4 heteroatoms. The van der Waals surface area contributed by atoms with Crippen LogP contribution in [-0.2, 0) is 0 Å². The van der Waals surface area contributed by atoms with Gasteiger partial charge in [-0.25, -0.2) is 13.2 Å². The van der Waals surface area contributed by atoms with Gasteiger partial charge in [0.25, 0.3) is 0 Å². The van der Waals surface area contributed by atoms with E-state index in [0.29, 0.717) is 12.1 Å². The van der Waals surface area contributed by atoms with Crippen LogP contribution in [0.25, 0.3) is 0 Å². The van der Waals surface area contributed by atoms with Crippen molar-refractivity contribution in [2.75, 3.05) is 0 Å². The highest BCUT2D eigenvalue weighted by Crippen LogP contribution is 2.29. The van der Waals surface area contributed by atoms with Gasteiger partial charge >= 0.3 is 0 Å². The molecule has 2 N–H and O–H groups in total. The average molecular weight is 231 g/mol. The van der Waals surface area contributed by atoms with Crippen LogP contribution < -0.4 is 5.73 Å². The second-order valence-corrected chi connectivity index (χ2v) is 3.89. The van der Waals surface area contributed by atoms with Crippen LogP contribution in [0.1, 0.15) is 38.3 Å². The van der Waals surface area contributed by atoms with Crippen LogP contribution in [0, 0.1) is 23.4 Å². The molecule has 1 aromatic rings. The molecule has 1 atom stereocenters. The van der Waals surface area contributed by atoms with E-state index in [0.717, 1.165) is 12.8 Å². The minimum absolute atomic E-state index is 0.00513. The van der Waals surface area contributed by atoms with Crippen LogP contribution in [-0.4, -0.2) is 0 Å². The Morgan fingerprint density at radius 3 is 1.88 bits per heavy atom. The molecule has 0 fully saturated rings. The van der Waals surface area contributed by atoms with Gasteiger partial charge in [-0.2, -0.15) is 0 Å². The Balaban J connectivity index is 3.12. The van der Waals surface area contributed by atoms with Crippen LogP contribution in [0.5, 0.6) is 0 Å². The van der Waals surface area contributed by atoms with Crippen LogP contribution >= 0.6 is 0 Å². The summed E-state index contributed by atoms with van der Waals surface area (Å²) in [5.41, 5.74) is 5.60. The Hall–Kier alpha value is -1.03. The summed E-state index contributed by atoms with van der Waals surface area (Å²) in [6.45, 7) is 3.82. The second kappa shape index (κ2) is 5.34. The Kier molecular flexibility index (Phi) is 4.35. The number of rotatable bonds is 4. The fourth-order valence-corrected chi connectivity index (χ4v) is 1.90. The largest absolute Gasteiger partial charge is 0.324 e. The summed E-state index contributed by atoms with van der Waals surface area (Å²) in [5, 5.41) is 0. The number of hydrogen-bond donors (Lipinski definition) is 1. The SMILES string of the molecule is CCC(CC)C(N)c1c(F)cc(F)cc1F. The monoisotopic (exact) mass is 231 g/mol. The Bertz CT molecular complexity index is 338. The first-order valence-corrected chi connectivity index (χ1v) is 5.41. The van der Waals surface area contributed by atoms with Crippen molar-refractivity contribution in [3.05, 3.63) is 35.1 Å². The molecule has 0 aliphatic heterocycles. The molecule has 90 valence electrons. The minimum atomic E-state index is -0.921. The molecule has 0 spiro atoms. The summed E-state index contributed by atoms with van der Waals surface area (Å²) in [4.78, 5) is 0. The first-order valence-electron chi connectivity index (χ1n) is 5.41. The van der Waals surface area contributed by atoms with Gasteiger partial charge in [0.05, 0.1) is 0 Å². The first kappa shape index (κ1) is 13.0. The van der Waals surface area contributed by atoms with Gasteiger partial charge in [-0.1, -0.05) is 26.7 Å². The molecule has 0 aromatic heterocycles. The molecule has 1 rings (SSSR count). The van der Waals surface area contributed by atoms with Gasteiger partial charge in [0.15, 0.2) is 0 Å². The van der Waals surface area contributed by atoms with E-state index in [2.05, 4.69) is 0 Å². The molecule has 1 aromatic carbocycles. The van der Waals surface area contributed by atoms with Crippen molar-refractivity contribution in [2.24, 2.45) is 11.7 Å². The molecule has 0 bridgehead atoms. The molecular formula is C12H16F3N. The zero-order chi connectivity index (χ0) is 12.3. The van der Waals surface area contributed by atoms with Crippen molar-refractivity contribution in [1.29, 1.82) is 0 Å². The molecule has 0 aliphatic carbocycles. The van der Waals surface area contributed by atoms with Crippen LogP contribution in [0.4, 0.5) is 13.2 Å². The van der Waals surface area contributed by atoms with Gasteiger partial charge in [0.2, 0.25) is 0 Å². The third-order valence-corrected chi connectivity index (χ3v) is 2.93. The van der Waals surface area contributed by atoms with E-state index < -0.39 is 23.5 Å². The fourth-order valence-electron chi connectivity index (χ4n) is 1.90. The lowest BCUT2D eigenvalue weighted by Gasteiger charge is -2.22. The van der Waals surface area contributed by atoms with Crippen LogP contribution in [0.2, 0.25) is 0 Å². The molecular weight excluding hydrogens is 215 g/mol. The summed E-state index contributed by atoms with van der Waals surface area (Å²) in [7, 11) is 0. The number of benzene rings is 1. The first-order chi connectivity index (χ1) is 7.51. The summed E-state index contributed by atoms with van der Waals surface area (Å²) in [6.07, 6.45) is 1.46. The van der Waals surface area contributed by atoms with Crippen molar-refractivity contribution >= 4 is 0 Å². The predicted molar refractivity (Wildman–Crippen MR) is 57.3 cm³/mol. The fraction of sp³-hybridized carbons (Fsp3) is 0.500. The topological polar surface area (TPSA) is 26.0 Å². The lowest BCUT2D eigenvalue weighted by molar-refractivity contribution is 0.378. The standard InChI is InChI=1S/C12H16F3N/c1-3-7(4-2)12(16)11-9(14)5-8(13)6-10(11)15/h5-7,12H,3-4,16H2,1-2H3. The molecule has 0 radical (unpaired) electrons. The lowest BCUT2D eigenvalue weighted by atomic mass is 9.89. The van der Waals surface area contributed by atoms with Crippen molar-refractivity contribution < 1.29 is 13.2 Å². The molecule has 1 nitrogen and oxygen atoms in total. The summed E-state index contributed by atoms with van der Waals surface area (Å²) >= 11 is 0. The minimum Gasteiger partial charge on any atom is -0.324 e. The smallest absolute Gasteiger partial charge is 0.133 e. The molecule has 0 heterocycles. The van der Waals surface area contributed by atoms with Gasteiger partial charge in [-0.15, -0.1) is 0 Å². The zero-order valence-corrected chi connectivity index (χ0v) is 9.43. The number of nitrogens with two attached hydrogens (primary N) is 1. The second-order valence-electron chi connectivity index (χ2n) is 3.89. The molecule has 1 unspecified atom stereocenters. The van der Waals surface area contributed by atoms with Crippen molar-refractivity contribution in [3.8, 4) is 0 Å². The van der Waals surface area contributed by atoms with E-state index >= 15 is 0 Å². The van der Waals surface area contributed by atoms with Gasteiger partial charge in [-0.05, 0) is 5.92 Å². The third kappa shape index (κ3) is 2.55. The predicted octanol–water partition coefficient (Wildman–Crippen LogP) is 3.54. The molecule has 0 saturated heterocycles. The Morgan fingerprint density at radius 1 is 1.06 bits per heavy atom. The summed E-state index contributed by atoms with van der Waals surface area (Å²) < 4.78 is 39.6. The maximum Gasteiger partial charge on any atom is 0.133 e. The molecule has 16 heavy (non-hydrogen) atoms. The highest BCUT2D eigenvalue weighted by atomic mass is 19.1. The van der Waals surface area contributed by atoms with E-state index in [4.69, 9.17) is 5.73 Å². The van der Waals surface area contributed by atoms with Gasteiger partial charge in [-0.3, -0.25) is 0 Å². The molecule has 0 amide bonds. The number of halogens is 3. The summed E-state index contributed by atoms with van der Waals surface area (Å²) in [6, 6.07) is 0.608. The summed E-state index contributed by atoms with van der Waals surface area (Å²) in [5.74, 6) is -2.74. The highest BCUT2D eigenvalue weighted by Gasteiger charge is 2.23. The van der Waals surface area contributed by atoms with Crippen LogP contribution in [0.3, 0.4) is 0 Å². The van der Waals surface area contributed by atoms with E-state index in [1.165, 1.54) is 0 Å². The van der Waals surface area contributed by atoms with E-state index in [9.17, 15) is 13.2 Å². The van der Waals surface area contributed by atoms with Gasteiger partial charge < -0.3 is 5.73 Å². The molecule has 0 aliphatic rings. The highest BCUT2D eigenvalue weighted by molar-refractivity contribution is 5.24. The Labute approximate surface area is 93.5 Å². The van der Waals surface area contributed by atoms with Gasteiger partial charge in [0, 0.05) is 23.7 Å². The van der Waals surface area contributed by atoms with Crippen molar-refractivity contribution in [1.82, 2.24) is 0 Å². The van der Waals surface area contributed by atoms with Gasteiger partial charge in [0.1, 0.15) is 17.5 Å². The van der Waals surface area contributed by atoms with Crippen molar-refractivity contribution in [3.63, 3.8) is 0 Å². The normalized spacial score (nSPS) is 13.2. The maximum atomic E-state index is 13.4. The number of hydrogen-bond acceptors (Lipinski definition) is 1. The zero-order valence-electron chi connectivity index (χ0n) is 9.43. The average Bonchev–Trinajstić information content (AvgIpc) is 2.17. The lowest BCUT2D eigenvalue weighted by Crippen LogP contribution is -2.23. The quantitative estimate of drug-likeness (QED) is 0.842. The van der Waals surface area contributed by atoms with E-state index in [1.54, 1.807) is 0 Å². The Morgan fingerprint density at radius 2 is 1.50 bits per heavy atom. The van der Waals surface area contributed by atoms with E-state index in [1.807, 2.05) is 13.8 Å². The van der Waals surface area contributed by atoms with Crippen LogP contribution in [0.15, 0.2) is 12.1 Å².